The minimum Gasteiger partial charge on any atom is -0.310 e. The predicted molar refractivity (Wildman–Crippen MR) is 69.9 cm³/mol. The lowest BCUT2D eigenvalue weighted by Crippen LogP contribution is -2.31. The van der Waals surface area contributed by atoms with Gasteiger partial charge in [-0.25, -0.2) is 0 Å². The highest BCUT2D eigenvalue weighted by molar-refractivity contribution is 9.10. The molecule has 1 aromatic rings. The summed E-state index contributed by atoms with van der Waals surface area (Å²) in [6.45, 7) is 7.72. The van der Waals surface area contributed by atoms with Gasteiger partial charge in [-0.15, -0.1) is 0 Å². The highest BCUT2D eigenvalue weighted by Gasteiger charge is 2.09. The first kappa shape index (κ1) is 12.7. The Morgan fingerprint density at radius 2 is 1.93 bits per heavy atom. The molecule has 0 heterocycles. The van der Waals surface area contributed by atoms with Crippen LogP contribution in [0.4, 0.5) is 0 Å². The van der Waals surface area contributed by atoms with Crippen molar-refractivity contribution in [1.29, 1.82) is 0 Å². The van der Waals surface area contributed by atoms with Crippen LogP contribution in [0, 0.1) is 5.92 Å². The molecule has 15 heavy (non-hydrogen) atoms. The lowest BCUT2D eigenvalue weighted by Gasteiger charge is -2.20. The van der Waals surface area contributed by atoms with Crippen molar-refractivity contribution in [3.8, 4) is 0 Å². The van der Waals surface area contributed by atoms with Gasteiger partial charge in [-0.05, 0) is 24.5 Å². The first-order chi connectivity index (χ1) is 7.15. The number of benzene rings is 1. The van der Waals surface area contributed by atoms with E-state index in [0.29, 0.717) is 6.04 Å². The standard InChI is InChI=1S/C13H20BrN/c1-4-10(2)11(3)15-9-12-7-5-6-8-13(12)14/h5-8,10-11,15H,4,9H2,1-3H3/t10-,11+/m0/s1. The monoisotopic (exact) mass is 269 g/mol. The summed E-state index contributed by atoms with van der Waals surface area (Å²) >= 11 is 3.56. The van der Waals surface area contributed by atoms with Gasteiger partial charge in [-0.1, -0.05) is 54.4 Å². The fourth-order valence-corrected chi connectivity index (χ4v) is 1.89. The van der Waals surface area contributed by atoms with E-state index in [0.717, 1.165) is 12.5 Å². The Bertz CT molecular complexity index is 298. The minimum atomic E-state index is 0.571. The predicted octanol–water partition coefficient (Wildman–Crippen LogP) is 3.97. The molecule has 1 aromatic carbocycles. The molecule has 0 radical (unpaired) electrons. The van der Waals surface area contributed by atoms with Crippen LogP contribution in [0.15, 0.2) is 28.7 Å². The topological polar surface area (TPSA) is 12.0 Å². The zero-order chi connectivity index (χ0) is 11.3. The van der Waals surface area contributed by atoms with E-state index in [9.17, 15) is 0 Å². The first-order valence-electron chi connectivity index (χ1n) is 5.62. The summed E-state index contributed by atoms with van der Waals surface area (Å²) in [6.07, 6.45) is 1.23. The number of hydrogen-bond donors (Lipinski definition) is 1. The Balaban J connectivity index is 2.47. The Morgan fingerprint density at radius 3 is 2.53 bits per heavy atom. The average molecular weight is 270 g/mol. The number of halogens is 1. The molecule has 84 valence electrons. The highest BCUT2D eigenvalue weighted by atomic mass is 79.9. The van der Waals surface area contributed by atoms with E-state index in [1.165, 1.54) is 16.5 Å². The fraction of sp³-hybridized carbons (Fsp3) is 0.538. The summed E-state index contributed by atoms with van der Waals surface area (Å²) < 4.78 is 1.19. The Hall–Kier alpha value is -0.340. The molecule has 1 nitrogen and oxygen atoms in total. The van der Waals surface area contributed by atoms with Gasteiger partial charge in [-0.3, -0.25) is 0 Å². The molecule has 0 fully saturated rings. The lowest BCUT2D eigenvalue weighted by atomic mass is 10.0. The third-order valence-electron chi connectivity index (χ3n) is 3.07. The summed E-state index contributed by atoms with van der Waals surface area (Å²) in [7, 11) is 0. The molecular formula is C13H20BrN. The van der Waals surface area contributed by atoms with E-state index >= 15 is 0 Å². The summed E-state index contributed by atoms with van der Waals surface area (Å²) in [6, 6.07) is 8.94. The van der Waals surface area contributed by atoms with Gasteiger partial charge in [0.1, 0.15) is 0 Å². The van der Waals surface area contributed by atoms with Crippen LogP contribution in [-0.2, 0) is 6.54 Å². The third kappa shape index (κ3) is 3.96. The first-order valence-corrected chi connectivity index (χ1v) is 6.41. The molecule has 0 unspecified atom stereocenters. The molecule has 0 bridgehead atoms. The van der Waals surface area contributed by atoms with Crippen LogP contribution in [0.5, 0.6) is 0 Å². The molecule has 2 heteroatoms. The van der Waals surface area contributed by atoms with Crippen molar-refractivity contribution < 1.29 is 0 Å². The van der Waals surface area contributed by atoms with Gasteiger partial charge in [0.2, 0.25) is 0 Å². The third-order valence-corrected chi connectivity index (χ3v) is 3.84. The number of hydrogen-bond acceptors (Lipinski definition) is 1. The Labute approximate surface area is 101 Å². The maximum Gasteiger partial charge on any atom is 0.0220 e. The Morgan fingerprint density at radius 1 is 1.27 bits per heavy atom. The SMILES string of the molecule is CC[C@H](C)[C@@H](C)NCc1ccccc1Br. The van der Waals surface area contributed by atoms with Crippen LogP contribution in [0.25, 0.3) is 0 Å². The maximum atomic E-state index is 3.56. The van der Waals surface area contributed by atoms with Gasteiger partial charge < -0.3 is 5.32 Å². The van der Waals surface area contributed by atoms with E-state index in [1.54, 1.807) is 0 Å². The zero-order valence-electron chi connectivity index (χ0n) is 9.76. The normalized spacial score (nSPS) is 14.9. The number of nitrogens with one attached hydrogen (secondary N) is 1. The largest absolute Gasteiger partial charge is 0.310 e. The second-order valence-electron chi connectivity index (χ2n) is 4.15. The van der Waals surface area contributed by atoms with Crippen molar-refractivity contribution in [2.75, 3.05) is 0 Å². The molecule has 0 aromatic heterocycles. The van der Waals surface area contributed by atoms with E-state index in [2.05, 4.69) is 60.2 Å². The van der Waals surface area contributed by atoms with Crippen LogP contribution in [0.1, 0.15) is 32.8 Å². The van der Waals surface area contributed by atoms with E-state index in [4.69, 9.17) is 0 Å². The molecule has 2 atom stereocenters. The molecule has 0 spiro atoms. The molecule has 0 saturated carbocycles. The Kier molecular flexibility index (Phi) is 5.34. The van der Waals surface area contributed by atoms with Gasteiger partial charge in [0.25, 0.3) is 0 Å². The maximum absolute atomic E-state index is 3.56. The van der Waals surface area contributed by atoms with E-state index in [-0.39, 0.29) is 0 Å². The van der Waals surface area contributed by atoms with Crippen LogP contribution in [0.3, 0.4) is 0 Å². The quantitative estimate of drug-likeness (QED) is 0.853. The molecule has 0 aliphatic heterocycles. The lowest BCUT2D eigenvalue weighted by molar-refractivity contribution is 0.389. The van der Waals surface area contributed by atoms with Crippen LogP contribution >= 0.6 is 15.9 Å². The molecule has 0 aliphatic carbocycles. The van der Waals surface area contributed by atoms with E-state index in [1.807, 2.05) is 6.07 Å². The molecule has 1 N–H and O–H groups in total. The molecule has 0 amide bonds. The van der Waals surface area contributed by atoms with Gasteiger partial charge >= 0.3 is 0 Å². The fourth-order valence-electron chi connectivity index (χ4n) is 1.47. The summed E-state index contributed by atoms with van der Waals surface area (Å²) in [5.74, 6) is 0.729. The minimum absolute atomic E-state index is 0.571. The summed E-state index contributed by atoms with van der Waals surface area (Å²) in [5, 5.41) is 3.56. The molecule has 1 rings (SSSR count). The van der Waals surface area contributed by atoms with Gasteiger partial charge in [0.05, 0.1) is 0 Å². The second-order valence-corrected chi connectivity index (χ2v) is 5.00. The van der Waals surface area contributed by atoms with Crippen molar-refractivity contribution in [1.82, 2.24) is 5.32 Å². The highest BCUT2D eigenvalue weighted by Crippen LogP contribution is 2.16. The van der Waals surface area contributed by atoms with Crippen molar-refractivity contribution in [3.05, 3.63) is 34.3 Å². The van der Waals surface area contributed by atoms with Crippen molar-refractivity contribution in [3.63, 3.8) is 0 Å². The van der Waals surface area contributed by atoms with Crippen LogP contribution < -0.4 is 5.32 Å². The smallest absolute Gasteiger partial charge is 0.0220 e. The second kappa shape index (κ2) is 6.29. The van der Waals surface area contributed by atoms with E-state index < -0.39 is 0 Å². The van der Waals surface area contributed by atoms with Crippen molar-refractivity contribution in [2.24, 2.45) is 5.92 Å². The molecule has 0 saturated heterocycles. The number of rotatable bonds is 5. The van der Waals surface area contributed by atoms with Gasteiger partial charge in [-0.2, -0.15) is 0 Å². The van der Waals surface area contributed by atoms with Gasteiger partial charge in [0.15, 0.2) is 0 Å². The zero-order valence-corrected chi connectivity index (χ0v) is 11.3. The summed E-state index contributed by atoms with van der Waals surface area (Å²) in [5.41, 5.74) is 1.33. The van der Waals surface area contributed by atoms with Crippen LogP contribution in [-0.4, -0.2) is 6.04 Å². The molecule has 0 aliphatic rings. The summed E-state index contributed by atoms with van der Waals surface area (Å²) in [4.78, 5) is 0. The average Bonchev–Trinajstić information content (AvgIpc) is 2.26. The van der Waals surface area contributed by atoms with Crippen LogP contribution in [0.2, 0.25) is 0 Å². The molecular weight excluding hydrogens is 250 g/mol. The van der Waals surface area contributed by atoms with Crippen molar-refractivity contribution in [2.45, 2.75) is 39.8 Å². The van der Waals surface area contributed by atoms with Crippen molar-refractivity contribution >= 4 is 15.9 Å². The van der Waals surface area contributed by atoms with Gasteiger partial charge in [0, 0.05) is 17.1 Å².